The van der Waals surface area contributed by atoms with Gasteiger partial charge in [0.15, 0.2) is 0 Å². The lowest BCUT2D eigenvalue weighted by Crippen LogP contribution is -2.37. The predicted octanol–water partition coefficient (Wildman–Crippen LogP) is 3.41. The highest BCUT2D eigenvalue weighted by atomic mass is 35.5. The van der Waals surface area contributed by atoms with Crippen LogP contribution < -0.4 is 11.1 Å². The smallest absolute Gasteiger partial charge is 0.305 e. The molecule has 3 N–H and O–H groups in total. The molecule has 1 amide bonds. The van der Waals surface area contributed by atoms with Crippen LogP contribution in [0.25, 0.3) is 0 Å². The van der Waals surface area contributed by atoms with E-state index in [9.17, 15) is 9.59 Å². The molecule has 1 fully saturated rings. The van der Waals surface area contributed by atoms with Gasteiger partial charge in [-0.15, -0.1) is 12.4 Å². The average molecular weight is 409 g/mol. The van der Waals surface area contributed by atoms with Crippen LogP contribution in [0, 0.1) is 11.8 Å². The van der Waals surface area contributed by atoms with Gasteiger partial charge in [0.1, 0.15) is 0 Å². The largest absolute Gasteiger partial charge is 0.469 e. The van der Waals surface area contributed by atoms with Gasteiger partial charge in [-0.1, -0.05) is 6.07 Å². The van der Waals surface area contributed by atoms with E-state index in [4.69, 9.17) is 10.5 Å². The molecule has 6 heteroatoms. The number of hydrogen-bond donors (Lipinski definition) is 2. The van der Waals surface area contributed by atoms with Crippen LogP contribution in [0.4, 0.5) is 0 Å². The lowest BCUT2D eigenvalue weighted by atomic mass is 9.82. The molecule has 0 aliphatic heterocycles. The Bertz CT molecular complexity index is 672. The molecule has 1 atom stereocenters. The molecule has 0 radical (unpaired) electrons. The first-order valence-corrected chi connectivity index (χ1v) is 10.3. The third-order valence-corrected chi connectivity index (χ3v) is 6.30. The van der Waals surface area contributed by atoms with Crippen molar-refractivity contribution in [3.05, 3.63) is 34.9 Å². The van der Waals surface area contributed by atoms with Gasteiger partial charge in [0.05, 0.1) is 7.11 Å². The molecule has 5 nitrogen and oxygen atoms in total. The molecular formula is C22H33ClN2O3. The number of nitrogens with two attached hydrogens (primary N) is 1. The minimum atomic E-state index is -0.129. The third kappa shape index (κ3) is 5.95. The maximum Gasteiger partial charge on any atom is 0.305 e. The molecule has 1 aromatic carbocycles. The highest BCUT2D eigenvalue weighted by Crippen LogP contribution is 2.29. The van der Waals surface area contributed by atoms with Crippen molar-refractivity contribution in [2.45, 2.75) is 63.8 Å². The lowest BCUT2D eigenvalue weighted by Gasteiger charge is -2.29. The Morgan fingerprint density at radius 1 is 1.11 bits per heavy atom. The van der Waals surface area contributed by atoms with E-state index < -0.39 is 0 Å². The van der Waals surface area contributed by atoms with E-state index in [1.54, 1.807) is 0 Å². The molecule has 0 spiro atoms. The number of nitrogens with one attached hydrogen (secondary N) is 1. The van der Waals surface area contributed by atoms with Crippen LogP contribution in [0.1, 0.15) is 66.4 Å². The van der Waals surface area contributed by atoms with Gasteiger partial charge in [-0.25, -0.2) is 0 Å². The molecule has 2 aliphatic rings. The number of halogens is 1. The quantitative estimate of drug-likeness (QED) is 0.706. The second kappa shape index (κ2) is 10.8. The summed E-state index contributed by atoms with van der Waals surface area (Å²) in [5, 5.41) is 3.21. The van der Waals surface area contributed by atoms with Crippen LogP contribution in [-0.4, -0.2) is 31.6 Å². The van der Waals surface area contributed by atoms with Crippen LogP contribution >= 0.6 is 12.4 Å². The zero-order valence-electron chi connectivity index (χ0n) is 16.7. The number of esters is 1. The van der Waals surface area contributed by atoms with Gasteiger partial charge in [0, 0.05) is 18.0 Å². The molecule has 1 aromatic rings. The third-order valence-electron chi connectivity index (χ3n) is 6.30. The van der Waals surface area contributed by atoms with Crippen molar-refractivity contribution in [1.29, 1.82) is 0 Å². The van der Waals surface area contributed by atoms with Gasteiger partial charge in [0.25, 0.3) is 5.91 Å². The fourth-order valence-electron chi connectivity index (χ4n) is 4.46. The number of hydrogen-bond acceptors (Lipinski definition) is 4. The summed E-state index contributed by atoms with van der Waals surface area (Å²) in [5.74, 6) is 1.05. The minimum absolute atomic E-state index is 0. The average Bonchev–Trinajstić information content (AvgIpc) is 2.72. The summed E-state index contributed by atoms with van der Waals surface area (Å²) in [6.45, 7) is 0.740. The number of benzene rings is 1. The molecule has 156 valence electrons. The molecular weight excluding hydrogens is 376 g/mol. The van der Waals surface area contributed by atoms with Gasteiger partial charge in [-0.3, -0.25) is 9.59 Å². The topological polar surface area (TPSA) is 81.4 Å². The van der Waals surface area contributed by atoms with Gasteiger partial charge in [0.2, 0.25) is 0 Å². The zero-order chi connectivity index (χ0) is 19.2. The number of carbonyl (C=O) groups is 2. The van der Waals surface area contributed by atoms with E-state index >= 15 is 0 Å². The Kier molecular flexibility index (Phi) is 8.77. The predicted molar refractivity (Wildman–Crippen MR) is 113 cm³/mol. The second-order valence-electron chi connectivity index (χ2n) is 8.13. The van der Waals surface area contributed by atoms with Crippen LogP contribution in [-0.2, 0) is 22.4 Å². The Labute approximate surface area is 174 Å². The first-order valence-electron chi connectivity index (χ1n) is 10.3. The van der Waals surface area contributed by atoms with E-state index in [1.165, 1.54) is 18.2 Å². The number of aryl methyl sites for hydroxylation is 1. The SMILES string of the molecule is COC(=O)CC[C@H]1CC[C@H](NC(=O)c2ccc3c(c2)CCC(CN)C3)CC1.Cl. The van der Waals surface area contributed by atoms with Gasteiger partial charge in [-0.2, -0.15) is 0 Å². The van der Waals surface area contributed by atoms with Crippen LogP contribution in [0.15, 0.2) is 18.2 Å². The molecule has 1 saturated carbocycles. The number of carbonyl (C=O) groups excluding carboxylic acids is 2. The monoisotopic (exact) mass is 408 g/mol. The van der Waals surface area contributed by atoms with Crippen molar-refractivity contribution in [1.82, 2.24) is 5.32 Å². The van der Waals surface area contributed by atoms with Crippen molar-refractivity contribution >= 4 is 24.3 Å². The summed E-state index contributed by atoms with van der Waals surface area (Å²) >= 11 is 0. The van der Waals surface area contributed by atoms with Gasteiger partial charge in [-0.05, 0) is 93.0 Å². The van der Waals surface area contributed by atoms with E-state index in [0.717, 1.165) is 63.5 Å². The summed E-state index contributed by atoms with van der Waals surface area (Å²) in [5.41, 5.74) is 9.23. The first-order chi connectivity index (χ1) is 13.1. The van der Waals surface area contributed by atoms with Crippen molar-refractivity contribution in [2.75, 3.05) is 13.7 Å². The summed E-state index contributed by atoms with van der Waals surface area (Å²) in [6, 6.07) is 6.37. The molecule has 3 rings (SSSR count). The summed E-state index contributed by atoms with van der Waals surface area (Å²) < 4.78 is 4.71. The van der Waals surface area contributed by atoms with Crippen LogP contribution in [0.5, 0.6) is 0 Å². The number of amides is 1. The number of methoxy groups -OCH3 is 1. The fraction of sp³-hybridized carbons (Fsp3) is 0.636. The summed E-state index contributed by atoms with van der Waals surface area (Å²) in [7, 11) is 1.44. The normalized spacial score (nSPS) is 23.9. The Balaban J connectivity index is 0.00000280. The number of fused-ring (bicyclic) bond motifs is 1. The zero-order valence-corrected chi connectivity index (χ0v) is 17.6. The Morgan fingerprint density at radius 3 is 2.54 bits per heavy atom. The molecule has 0 heterocycles. The summed E-state index contributed by atoms with van der Waals surface area (Å²) in [6.07, 6.45) is 8.65. The molecule has 0 bridgehead atoms. The Hall–Kier alpha value is -1.59. The second-order valence-corrected chi connectivity index (χ2v) is 8.13. The maximum absolute atomic E-state index is 12.7. The number of ether oxygens (including phenoxy) is 1. The summed E-state index contributed by atoms with van der Waals surface area (Å²) in [4.78, 5) is 23.9. The van der Waals surface area contributed by atoms with Crippen molar-refractivity contribution < 1.29 is 14.3 Å². The highest BCUT2D eigenvalue weighted by molar-refractivity contribution is 5.94. The van der Waals surface area contributed by atoms with Crippen molar-refractivity contribution in [3.8, 4) is 0 Å². The van der Waals surface area contributed by atoms with Crippen molar-refractivity contribution in [2.24, 2.45) is 17.6 Å². The maximum atomic E-state index is 12.7. The lowest BCUT2D eigenvalue weighted by molar-refractivity contribution is -0.141. The first kappa shape index (κ1) is 22.7. The van der Waals surface area contributed by atoms with Gasteiger partial charge < -0.3 is 15.8 Å². The standard InChI is InChI=1S/C22H32N2O3.ClH/c1-27-21(25)11-5-15-3-9-20(10-4-15)24-22(26)19-8-7-17-12-16(14-23)2-6-18(17)13-19;/h7-8,13,15-16,20H,2-6,9-12,14,23H2,1H3,(H,24,26);1H/t15-,16?,20-;. The number of rotatable bonds is 6. The highest BCUT2D eigenvalue weighted by Gasteiger charge is 2.24. The molecule has 28 heavy (non-hydrogen) atoms. The van der Waals surface area contributed by atoms with E-state index in [0.29, 0.717) is 18.3 Å². The van der Waals surface area contributed by atoms with Gasteiger partial charge >= 0.3 is 5.97 Å². The van der Waals surface area contributed by atoms with E-state index in [2.05, 4.69) is 17.4 Å². The fourth-order valence-corrected chi connectivity index (χ4v) is 4.46. The minimum Gasteiger partial charge on any atom is -0.469 e. The Morgan fingerprint density at radius 2 is 1.86 bits per heavy atom. The van der Waals surface area contributed by atoms with E-state index in [1.807, 2.05) is 6.07 Å². The molecule has 2 aliphatic carbocycles. The van der Waals surface area contributed by atoms with Crippen LogP contribution in [0.2, 0.25) is 0 Å². The van der Waals surface area contributed by atoms with Crippen molar-refractivity contribution in [3.63, 3.8) is 0 Å². The molecule has 1 unspecified atom stereocenters. The van der Waals surface area contributed by atoms with E-state index in [-0.39, 0.29) is 30.3 Å². The molecule has 0 saturated heterocycles. The molecule has 0 aromatic heterocycles. The van der Waals surface area contributed by atoms with Crippen LogP contribution in [0.3, 0.4) is 0 Å².